The Labute approximate surface area is 117 Å². The topological polar surface area (TPSA) is 99.1 Å². The zero-order valence-electron chi connectivity index (χ0n) is 11.5. The zero-order chi connectivity index (χ0) is 14.5. The van der Waals surface area contributed by atoms with Crippen LogP contribution in [-0.2, 0) is 9.53 Å². The van der Waals surface area contributed by atoms with Crippen LogP contribution in [0.1, 0.15) is 25.7 Å². The van der Waals surface area contributed by atoms with Gasteiger partial charge in [0.05, 0.1) is 31.8 Å². The highest BCUT2D eigenvalue weighted by molar-refractivity contribution is 5.75. The molecule has 0 aromatic carbocycles. The number of ether oxygens (including phenoxy) is 1. The third-order valence-electron chi connectivity index (χ3n) is 4.03. The largest absolute Gasteiger partial charge is 0.481 e. The first-order chi connectivity index (χ1) is 9.60. The first-order valence-corrected chi connectivity index (χ1v) is 7.11. The van der Waals surface area contributed by atoms with Gasteiger partial charge in [-0.15, -0.1) is 0 Å². The van der Waals surface area contributed by atoms with E-state index in [4.69, 9.17) is 14.9 Å². The molecule has 2 fully saturated rings. The van der Waals surface area contributed by atoms with Gasteiger partial charge >= 0.3 is 12.0 Å². The third kappa shape index (κ3) is 3.83. The predicted molar refractivity (Wildman–Crippen MR) is 70.3 cm³/mol. The molecule has 20 heavy (non-hydrogen) atoms. The molecule has 114 valence electrons. The molecule has 0 aromatic heterocycles. The van der Waals surface area contributed by atoms with Crippen molar-refractivity contribution in [2.75, 3.05) is 26.3 Å². The number of rotatable bonds is 3. The Hall–Kier alpha value is -1.34. The number of urea groups is 1. The Morgan fingerprint density at radius 2 is 1.95 bits per heavy atom. The Morgan fingerprint density at radius 3 is 2.55 bits per heavy atom. The van der Waals surface area contributed by atoms with Crippen molar-refractivity contribution in [3.05, 3.63) is 0 Å². The Morgan fingerprint density at radius 1 is 1.25 bits per heavy atom. The number of amides is 2. The first kappa shape index (κ1) is 15.1. The van der Waals surface area contributed by atoms with Gasteiger partial charge in [0.2, 0.25) is 0 Å². The van der Waals surface area contributed by atoms with Crippen LogP contribution in [0.5, 0.6) is 0 Å². The van der Waals surface area contributed by atoms with Crippen molar-refractivity contribution in [2.24, 2.45) is 5.92 Å². The molecule has 1 heterocycles. The molecule has 1 saturated carbocycles. The lowest BCUT2D eigenvalue weighted by Gasteiger charge is -2.34. The number of aliphatic hydroxyl groups is 1. The quantitative estimate of drug-likeness (QED) is 0.680. The number of carbonyl (C=O) groups is 2. The fourth-order valence-electron chi connectivity index (χ4n) is 2.76. The van der Waals surface area contributed by atoms with E-state index in [-0.39, 0.29) is 30.7 Å². The highest BCUT2D eigenvalue weighted by atomic mass is 16.5. The molecule has 1 aliphatic heterocycles. The summed E-state index contributed by atoms with van der Waals surface area (Å²) in [5.41, 5.74) is 0. The standard InChI is InChI=1S/C13H22N2O5/c16-8-11-7-15(5-6-20-11)13(19)14-10-3-1-9(2-4-10)12(17)18/h9-11,16H,1-8H2,(H,14,19)(H,17,18). The number of nitrogens with zero attached hydrogens (tertiary/aromatic N) is 1. The average Bonchev–Trinajstić information content (AvgIpc) is 2.47. The number of carboxylic acids is 1. The molecule has 1 atom stereocenters. The maximum atomic E-state index is 12.1. The van der Waals surface area contributed by atoms with Gasteiger partial charge in [0, 0.05) is 12.6 Å². The maximum absolute atomic E-state index is 12.1. The highest BCUT2D eigenvalue weighted by Crippen LogP contribution is 2.24. The van der Waals surface area contributed by atoms with Gasteiger partial charge in [0.1, 0.15) is 0 Å². The molecule has 0 spiro atoms. The second-order valence-electron chi connectivity index (χ2n) is 5.46. The summed E-state index contributed by atoms with van der Waals surface area (Å²) in [6.45, 7) is 1.26. The lowest BCUT2D eigenvalue weighted by atomic mass is 9.86. The number of carboxylic acid groups (broad SMARTS) is 1. The van der Waals surface area contributed by atoms with E-state index in [9.17, 15) is 9.59 Å². The van der Waals surface area contributed by atoms with Gasteiger partial charge in [0.25, 0.3) is 0 Å². The van der Waals surface area contributed by atoms with E-state index in [0.29, 0.717) is 45.4 Å². The van der Waals surface area contributed by atoms with E-state index >= 15 is 0 Å². The van der Waals surface area contributed by atoms with Gasteiger partial charge in [-0.1, -0.05) is 0 Å². The van der Waals surface area contributed by atoms with Crippen molar-refractivity contribution in [2.45, 2.75) is 37.8 Å². The smallest absolute Gasteiger partial charge is 0.317 e. The summed E-state index contributed by atoms with van der Waals surface area (Å²) in [7, 11) is 0. The van der Waals surface area contributed by atoms with E-state index < -0.39 is 5.97 Å². The van der Waals surface area contributed by atoms with Crippen LogP contribution in [0.15, 0.2) is 0 Å². The van der Waals surface area contributed by atoms with Crippen molar-refractivity contribution < 1.29 is 24.5 Å². The van der Waals surface area contributed by atoms with Gasteiger partial charge in [-0.2, -0.15) is 0 Å². The molecule has 0 bridgehead atoms. The van der Waals surface area contributed by atoms with Gasteiger partial charge in [-0.05, 0) is 25.7 Å². The summed E-state index contributed by atoms with van der Waals surface area (Å²) in [5.74, 6) is -1.01. The number of aliphatic carboxylic acids is 1. The number of hydrogen-bond acceptors (Lipinski definition) is 4. The molecule has 0 aromatic rings. The fraction of sp³-hybridized carbons (Fsp3) is 0.846. The second-order valence-corrected chi connectivity index (χ2v) is 5.46. The number of morpholine rings is 1. The van der Waals surface area contributed by atoms with E-state index in [1.54, 1.807) is 4.90 Å². The van der Waals surface area contributed by atoms with Crippen molar-refractivity contribution >= 4 is 12.0 Å². The van der Waals surface area contributed by atoms with E-state index in [2.05, 4.69) is 5.32 Å². The lowest BCUT2D eigenvalue weighted by Crippen LogP contribution is -2.53. The van der Waals surface area contributed by atoms with Crippen molar-refractivity contribution in [3.8, 4) is 0 Å². The van der Waals surface area contributed by atoms with Crippen LogP contribution in [0.2, 0.25) is 0 Å². The molecule has 3 N–H and O–H groups in total. The van der Waals surface area contributed by atoms with Gasteiger partial charge in [-0.25, -0.2) is 4.79 Å². The summed E-state index contributed by atoms with van der Waals surface area (Å²) in [5, 5.41) is 20.9. The first-order valence-electron chi connectivity index (χ1n) is 7.11. The molecule has 1 saturated heterocycles. The van der Waals surface area contributed by atoms with Gasteiger partial charge in [-0.3, -0.25) is 4.79 Å². The predicted octanol–water partition coefficient (Wildman–Crippen LogP) is 0.0325. The average molecular weight is 286 g/mol. The second kappa shape index (κ2) is 6.90. The van der Waals surface area contributed by atoms with Crippen LogP contribution < -0.4 is 5.32 Å². The van der Waals surface area contributed by atoms with Crippen molar-refractivity contribution in [1.29, 1.82) is 0 Å². The van der Waals surface area contributed by atoms with Crippen LogP contribution in [-0.4, -0.2) is 65.6 Å². The molecular formula is C13H22N2O5. The van der Waals surface area contributed by atoms with E-state index in [1.165, 1.54) is 0 Å². The molecule has 1 aliphatic carbocycles. The molecule has 2 rings (SSSR count). The normalized spacial score (nSPS) is 30.9. The third-order valence-corrected chi connectivity index (χ3v) is 4.03. The van der Waals surface area contributed by atoms with E-state index in [1.807, 2.05) is 0 Å². The minimum absolute atomic E-state index is 0.0496. The molecule has 0 radical (unpaired) electrons. The summed E-state index contributed by atoms with van der Waals surface area (Å²) >= 11 is 0. The van der Waals surface area contributed by atoms with Crippen LogP contribution in [0.3, 0.4) is 0 Å². The van der Waals surface area contributed by atoms with E-state index in [0.717, 1.165) is 0 Å². The van der Waals surface area contributed by atoms with Gasteiger partial charge < -0.3 is 25.2 Å². The SMILES string of the molecule is O=C(O)C1CCC(NC(=O)N2CCOC(CO)C2)CC1. The minimum atomic E-state index is -0.742. The zero-order valence-corrected chi connectivity index (χ0v) is 11.5. The Balaban J connectivity index is 1.76. The minimum Gasteiger partial charge on any atom is -0.481 e. The molecule has 7 heteroatoms. The van der Waals surface area contributed by atoms with Crippen LogP contribution in [0.25, 0.3) is 0 Å². The highest BCUT2D eigenvalue weighted by Gasteiger charge is 2.29. The van der Waals surface area contributed by atoms with Crippen molar-refractivity contribution in [3.63, 3.8) is 0 Å². The molecule has 7 nitrogen and oxygen atoms in total. The fourth-order valence-corrected chi connectivity index (χ4v) is 2.76. The van der Waals surface area contributed by atoms with Crippen LogP contribution >= 0.6 is 0 Å². The monoisotopic (exact) mass is 286 g/mol. The van der Waals surface area contributed by atoms with Crippen molar-refractivity contribution in [1.82, 2.24) is 10.2 Å². The number of hydrogen-bond donors (Lipinski definition) is 3. The number of aliphatic hydroxyl groups excluding tert-OH is 1. The summed E-state index contributed by atoms with van der Waals surface area (Å²) in [6.07, 6.45) is 2.33. The number of carbonyl (C=O) groups excluding carboxylic acids is 1. The van der Waals surface area contributed by atoms with Gasteiger partial charge in [0.15, 0.2) is 0 Å². The summed E-state index contributed by atoms with van der Waals surface area (Å²) in [4.78, 5) is 24.6. The number of nitrogens with one attached hydrogen (secondary N) is 1. The van der Waals surface area contributed by atoms with Crippen LogP contribution in [0, 0.1) is 5.92 Å². The molecule has 1 unspecified atom stereocenters. The lowest BCUT2D eigenvalue weighted by molar-refractivity contribution is -0.142. The molecule has 2 aliphatic rings. The van der Waals surface area contributed by atoms with Crippen LogP contribution in [0.4, 0.5) is 4.79 Å². The Kier molecular flexibility index (Phi) is 5.19. The molecular weight excluding hydrogens is 264 g/mol. The summed E-state index contributed by atoms with van der Waals surface area (Å²) in [6, 6.07) is -0.0981. The maximum Gasteiger partial charge on any atom is 0.317 e. The summed E-state index contributed by atoms with van der Waals surface area (Å²) < 4.78 is 5.30. The Bertz CT molecular complexity index is 355. The molecule has 2 amide bonds.